The van der Waals surface area contributed by atoms with E-state index in [0.29, 0.717) is 0 Å². The van der Waals surface area contributed by atoms with Gasteiger partial charge in [-0.3, -0.25) is 0 Å². The number of rotatable bonds is 8. The molecule has 0 aliphatic carbocycles. The van der Waals surface area contributed by atoms with E-state index in [2.05, 4.69) is 0 Å². The molecule has 3 N–H and O–H groups in total. The van der Waals surface area contributed by atoms with Crippen LogP contribution in [-0.2, 0) is 20.8 Å². The molecule has 0 bridgehead atoms. The molecule has 0 amide bonds. The van der Waals surface area contributed by atoms with E-state index in [1.807, 2.05) is 30.3 Å². The fourth-order valence-electron chi connectivity index (χ4n) is 3.62. The lowest BCUT2D eigenvalue weighted by Gasteiger charge is -2.40. The van der Waals surface area contributed by atoms with Gasteiger partial charge in [0, 0.05) is 7.11 Å². The van der Waals surface area contributed by atoms with Gasteiger partial charge < -0.3 is 39.0 Å². The van der Waals surface area contributed by atoms with Gasteiger partial charge in [-0.2, -0.15) is 0 Å². The normalized spacial score (nSPS) is 24.5. The summed E-state index contributed by atoms with van der Waals surface area (Å²) in [5.41, 5.74) is 1.03. The van der Waals surface area contributed by atoms with Crippen LogP contribution in [0.4, 0.5) is 0 Å². The molecule has 2 aromatic carbocycles. The molecule has 0 spiro atoms. The minimum Gasteiger partial charge on any atom is -0.494 e. The number of hydrogen-bond donors (Lipinski definition) is 3. The monoisotopic (exact) mass is 516 g/mol. The van der Waals surface area contributed by atoms with Crippen molar-refractivity contribution in [3.63, 3.8) is 0 Å². The zero-order valence-corrected chi connectivity index (χ0v) is 20.2. The van der Waals surface area contributed by atoms with Gasteiger partial charge >= 0.3 is 5.97 Å². The van der Waals surface area contributed by atoms with Crippen LogP contribution in [0.25, 0.3) is 0 Å². The van der Waals surface area contributed by atoms with Gasteiger partial charge in [0.1, 0.15) is 35.5 Å². The van der Waals surface area contributed by atoms with Gasteiger partial charge in [0.05, 0.1) is 18.7 Å². The number of methoxy groups -OCH3 is 2. The number of hydrogen-bond acceptors (Lipinski definition) is 9. The molecule has 186 valence electrons. The van der Waals surface area contributed by atoms with Crippen molar-refractivity contribution in [2.24, 2.45) is 0 Å². The highest BCUT2D eigenvalue weighted by Gasteiger charge is 2.47. The van der Waals surface area contributed by atoms with Crippen molar-refractivity contribution in [2.75, 3.05) is 20.8 Å². The maximum atomic E-state index is 13.2. The lowest BCUT2D eigenvalue weighted by atomic mass is 9.98. The average Bonchev–Trinajstić information content (AvgIpc) is 2.84. The van der Waals surface area contributed by atoms with E-state index < -0.39 is 43.3 Å². The first-order valence-corrected chi connectivity index (χ1v) is 11.1. The zero-order valence-electron chi connectivity index (χ0n) is 18.7. The predicted molar refractivity (Wildman–Crippen MR) is 122 cm³/mol. The Morgan fingerprint density at radius 3 is 2.32 bits per heavy atom. The minimum atomic E-state index is -1.53. The molecular formula is C23H26Cl2O9. The van der Waals surface area contributed by atoms with Crippen LogP contribution in [0.1, 0.15) is 21.5 Å². The molecule has 1 fully saturated rings. The van der Waals surface area contributed by atoms with Gasteiger partial charge in [0.2, 0.25) is 0 Å². The van der Waals surface area contributed by atoms with E-state index in [9.17, 15) is 20.1 Å². The molecule has 3 rings (SSSR count). The van der Waals surface area contributed by atoms with Gasteiger partial charge in [-0.1, -0.05) is 53.5 Å². The van der Waals surface area contributed by atoms with Crippen molar-refractivity contribution in [1.29, 1.82) is 0 Å². The van der Waals surface area contributed by atoms with E-state index in [-0.39, 0.29) is 39.3 Å². The second-order valence-electron chi connectivity index (χ2n) is 7.58. The van der Waals surface area contributed by atoms with Gasteiger partial charge in [-0.25, -0.2) is 4.79 Å². The summed E-state index contributed by atoms with van der Waals surface area (Å²) in [4.78, 5) is 13.2. The predicted octanol–water partition coefficient (Wildman–Crippen LogP) is 2.50. The van der Waals surface area contributed by atoms with Crippen LogP contribution in [0, 0.1) is 6.92 Å². The van der Waals surface area contributed by atoms with Crippen LogP contribution in [-0.4, -0.2) is 72.8 Å². The molecule has 9 nitrogen and oxygen atoms in total. The molecule has 0 saturated carbocycles. The Morgan fingerprint density at radius 2 is 1.74 bits per heavy atom. The second kappa shape index (κ2) is 11.5. The van der Waals surface area contributed by atoms with Crippen LogP contribution in [0.15, 0.2) is 30.3 Å². The second-order valence-corrected chi connectivity index (χ2v) is 8.33. The molecule has 5 atom stereocenters. The van der Waals surface area contributed by atoms with E-state index in [4.69, 9.17) is 46.9 Å². The molecule has 2 aromatic rings. The Hall–Kier alpha value is -2.11. The summed E-state index contributed by atoms with van der Waals surface area (Å²) in [5, 5.41) is 30.4. The number of carbonyl (C=O) groups excluding carboxylic acids is 1. The molecule has 1 saturated heterocycles. The van der Waals surface area contributed by atoms with Crippen molar-refractivity contribution in [1.82, 2.24) is 0 Å². The fourth-order valence-corrected chi connectivity index (χ4v) is 4.24. The molecule has 0 radical (unpaired) electrons. The smallest absolute Gasteiger partial charge is 0.342 e. The standard InChI is InChI=1S/C23H26Cl2O9/c1-11-14(22(29)34-21-17(27)13(9-26)33-23(31-3)18(21)28)19(30-2)16(25)20(15(11)24)32-10-12-7-5-4-6-8-12/h4-8,13,17-18,21,23,26-28H,9-10H2,1-3H3/t13-,17+,18-,21+,23+/m1/s1. The van der Waals surface area contributed by atoms with Crippen LogP contribution in [0.5, 0.6) is 11.5 Å². The minimum absolute atomic E-state index is 0.0444. The molecule has 1 aliphatic heterocycles. The van der Waals surface area contributed by atoms with Crippen LogP contribution in [0.2, 0.25) is 10.0 Å². The Balaban J connectivity index is 1.92. The lowest BCUT2D eigenvalue weighted by molar-refractivity contribution is -0.293. The summed E-state index contributed by atoms with van der Waals surface area (Å²) >= 11 is 13.0. The number of halogens is 2. The summed E-state index contributed by atoms with van der Waals surface area (Å²) in [6.45, 7) is 1.14. The Labute approximate surface area is 206 Å². The molecule has 1 heterocycles. The van der Waals surface area contributed by atoms with Crippen LogP contribution >= 0.6 is 23.2 Å². The van der Waals surface area contributed by atoms with Crippen molar-refractivity contribution in [3.8, 4) is 11.5 Å². The third-order valence-corrected chi connectivity index (χ3v) is 6.26. The Morgan fingerprint density at radius 1 is 1.06 bits per heavy atom. The molecule has 34 heavy (non-hydrogen) atoms. The van der Waals surface area contributed by atoms with E-state index in [1.165, 1.54) is 14.2 Å². The number of aliphatic hydroxyl groups is 3. The van der Waals surface area contributed by atoms with Crippen LogP contribution in [0.3, 0.4) is 0 Å². The molecule has 0 unspecified atom stereocenters. The van der Waals surface area contributed by atoms with Crippen molar-refractivity contribution in [2.45, 2.75) is 44.2 Å². The zero-order chi connectivity index (χ0) is 25.0. The van der Waals surface area contributed by atoms with Crippen molar-refractivity contribution >= 4 is 29.2 Å². The number of ether oxygens (including phenoxy) is 5. The van der Waals surface area contributed by atoms with E-state index >= 15 is 0 Å². The summed E-state index contributed by atoms with van der Waals surface area (Å²) in [5.74, 6) is -0.886. The molecule has 1 aliphatic rings. The highest BCUT2D eigenvalue weighted by atomic mass is 35.5. The van der Waals surface area contributed by atoms with E-state index in [0.717, 1.165) is 5.56 Å². The number of aliphatic hydroxyl groups excluding tert-OH is 3. The summed E-state index contributed by atoms with van der Waals surface area (Å²) in [7, 11) is 2.58. The first-order valence-electron chi connectivity index (χ1n) is 10.3. The fraction of sp³-hybridized carbons (Fsp3) is 0.435. The topological polar surface area (TPSA) is 124 Å². The van der Waals surface area contributed by atoms with Crippen molar-refractivity contribution in [3.05, 3.63) is 57.1 Å². The quantitative estimate of drug-likeness (QED) is 0.453. The Bertz CT molecular complexity index is 986. The SMILES string of the molecule is COc1c(Cl)c(OCc2ccccc2)c(Cl)c(C)c1C(=O)O[C@H]1[C@@H](O)[C@@H](CO)O[C@H](OC)[C@@H]1O. The third-order valence-electron chi connectivity index (χ3n) is 5.46. The van der Waals surface area contributed by atoms with E-state index in [1.54, 1.807) is 6.92 Å². The summed E-state index contributed by atoms with van der Waals surface area (Å²) in [6.07, 6.45) is -6.91. The first kappa shape index (κ1) is 26.5. The van der Waals surface area contributed by atoms with Gasteiger partial charge in [0.25, 0.3) is 0 Å². The number of esters is 1. The van der Waals surface area contributed by atoms with Gasteiger partial charge in [-0.15, -0.1) is 0 Å². The number of carbonyl (C=O) groups is 1. The summed E-state index contributed by atoms with van der Waals surface area (Å²) < 4.78 is 26.9. The number of benzene rings is 2. The molecule has 0 aromatic heterocycles. The maximum absolute atomic E-state index is 13.2. The molecule has 11 heteroatoms. The maximum Gasteiger partial charge on any atom is 0.342 e. The largest absolute Gasteiger partial charge is 0.494 e. The first-order chi connectivity index (χ1) is 16.2. The molecular weight excluding hydrogens is 491 g/mol. The lowest BCUT2D eigenvalue weighted by Crippen LogP contribution is -2.60. The highest BCUT2D eigenvalue weighted by Crippen LogP contribution is 2.46. The Kier molecular flexibility index (Phi) is 9.00. The van der Waals surface area contributed by atoms with Gasteiger partial charge in [0.15, 0.2) is 23.9 Å². The van der Waals surface area contributed by atoms with Gasteiger partial charge in [-0.05, 0) is 18.1 Å². The van der Waals surface area contributed by atoms with Crippen LogP contribution < -0.4 is 9.47 Å². The summed E-state index contributed by atoms with van der Waals surface area (Å²) in [6, 6.07) is 9.34. The average molecular weight is 517 g/mol. The van der Waals surface area contributed by atoms with Crippen molar-refractivity contribution < 1.29 is 43.8 Å². The highest BCUT2D eigenvalue weighted by molar-refractivity contribution is 6.39. The third kappa shape index (κ3) is 5.26.